The molecule has 2 aromatic heterocycles. The first kappa shape index (κ1) is 18.0. The number of aromatic nitrogens is 3. The monoisotopic (exact) mass is 408 g/mol. The van der Waals surface area contributed by atoms with Crippen LogP contribution in [0.3, 0.4) is 0 Å². The summed E-state index contributed by atoms with van der Waals surface area (Å²) in [7, 11) is 1.71. The lowest BCUT2D eigenvalue weighted by Crippen LogP contribution is -2.16. The maximum absolute atomic E-state index is 12.4. The van der Waals surface area contributed by atoms with Gasteiger partial charge in [0, 0.05) is 13.1 Å². The summed E-state index contributed by atoms with van der Waals surface area (Å²) in [5.41, 5.74) is 1.50. The number of halogens is 3. The number of carboxylic acids is 1. The number of para-hydroxylation sites is 1. The molecule has 28 heavy (non-hydrogen) atoms. The van der Waals surface area contributed by atoms with E-state index in [1.165, 1.54) is 24.3 Å². The predicted octanol–water partition coefficient (Wildman–Crippen LogP) is 4.52. The number of anilines is 2. The van der Waals surface area contributed by atoms with E-state index in [2.05, 4.69) is 20.0 Å². The van der Waals surface area contributed by atoms with Gasteiger partial charge in [0.1, 0.15) is 11.3 Å². The third-order valence-corrected chi connectivity index (χ3v) is 4.89. The molecule has 0 aliphatic rings. The highest BCUT2D eigenvalue weighted by Crippen LogP contribution is 2.33. The summed E-state index contributed by atoms with van der Waals surface area (Å²) in [6, 6.07) is 8.68. The Morgan fingerprint density at radius 2 is 2.04 bits per heavy atom. The highest BCUT2D eigenvalue weighted by Gasteiger charge is 2.31. The molecule has 0 saturated carbocycles. The zero-order valence-corrected chi connectivity index (χ0v) is 14.9. The molecule has 0 fully saturated rings. The summed E-state index contributed by atoms with van der Waals surface area (Å²) in [6.07, 6.45) is -4.77. The fourth-order valence-corrected chi connectivity index (χ4v) is 3.64. The Hall–Kier alpha value is -3.34. The number of carbonyl (C=O) groups is 1. The minimum atomic E-state index is -4.77. The van der Waals surface area contributed by atoms with Crippen LogP contribution in [0.1, 0.15) is 10.4 Å². The number of hydrogen-bond donors (Lipinski definition) is 2. The van der Waals surface area contributed by atoms with E-state index < -0.39 is 12.3 Å². The van der Waals surface area contributed by atoms with E-state index in [0.29, 0.717) is 32.3 Å². The first-order valence-corrected chi connectivity index (χ1v) is 8.65. The molecule has 0 aliphatic carbocycles. The standard InChI is InChI=1S/C17H11F3N4O3S/c1-24-11-4-2-3-9(14(25)26)13(11)22-15(24)23-16-21-10-6-5-8(7-12(10)28-16)27-17(18,19)20/h2-7H,1H3,(H,25,26)(H,21,22,23). The number of carboxylic acid groups (broad SMARTS) is 1. The number of rotatable bonds is 4. The lowest BCUT2D eigenvalue weighted by atomic mass is 10.2. The van der Waals surface area contributed by atoms with E-state index in [4.69, 9.17) is 0 Å². The van der Waals surface area contributed by atoms with Gasteiger partial charge in [0.2, 0.25) is 5.95 Å². The summed E-state index contributed by atoms with van der Waals surface area (Å²) in [5, 5.41) is 12.7. The zero-order chi connectivity index (χ0) is 20.1. The van der Waals surface area contributed by atoms with Crippen LogP contribution in [-0.2, 0) is 7.05 Å². The van der Waals surface area contributed by atoms with E-state index in [9.17, 15) is 23.1 Å². The molecule has 0 amide bonds. The average molecular weight is 408 g/mol. The molecule has 0 spiro atoms. The van der Waals surface area contributed by atoms with Gasteiger partial charge >= 0.3 is 12.3 Å². The van der Waals surface area contributed by atoms with Crippen LogP contribution in [0.4, 0.5) is 24.3 Å². The van der Waals surface area contributed by atoms with E-state index in [-0.39, 0.29) is 11.3 Å². The van der Waals surface area contributed by atoms with Crippen molar-refractivity contribution >= 4 is 49.6 Å². The largest absolute Gasteiger partial charge is 0.573 e. The van der Waals surface area contributed by atoms with Gasteiger partial charge in [-0.3, -0.25) is 0 Å². The van der Waals surface area contributed by atoms with Gasteiger partial charge in [0.15, 0.2) is 5.13 Å². The van der Waals surface area contributed by atoms with Gasteiger partial charge in [-0.1, -0.05) is 17.4 Å². The maximum atomic E-state index is 12.4. The van der Waals surface area contributed by atoms with Crippen molar-refractivity contribution in [3.05, 3.63) is 42.0 Å². The minimum Gasteiger partial charge on any atom is -0.478 e. The zero-order valence-electron chi connectivity index (χ0n) is 14.1. The SMILES string of the molecule is Cn1c(Nc2nc3ccc(OC(F)(F)F)cc3s2)nc2c(C(=O)O)cccc21. The van der Waals surface area contributed by atoms with E-state index in [0.717, 1.165) is 11.3 Å². The molecule has 7 nitrogen and oxygen atoms in total. The maximum Gasteiger partial charge on any atom is 0.573 e. The van der Waals surface area contributed by atoms with Crippen molar-refractivity contribution in [1.82, 2.24) is 14.5 Å². The van der Waals surface area contributed by atoms with Crippen LogP contribution in [0.5, 0.6) is 5.75 Å². The summed E-state index contributed by atoms with van der Waals surface area (Å²) >= 11 is 1.12. The van der Waals surface area contributed by atoms with Crippen molar-refractivity contribution in [3.8, 4) is 5.75 Å². The smallest absolute Gasteiger partial charge is 0.478 e. The van der Waals surface area contributed by atoms with Gasteiger partial charge in [-0.15, -0.1) is 13.2 Å². The molecule has 11 heteroatoms. The number of alkyl halides is 3. The van der Waals surface area contributed by atoms with Crippen molar-refractivity contribution in [2.75, 3.05) is 5.32 Å². The minimum absolute atomic E-state index is 0.0689. The molecule has 4 aromatic rings. The fourth-order valence-electron chi connectivity index (χ4n) is 2.75. The summed E-state index contributed by atoms with van der Waals surface area (Å²) < 4.78 is 43.2. The highest BCUT2D eigenvalue weighted by atomic mass is 32.1. The Kier molecular flexibility index (Phi) is 4.11. The Bertz CT molecular complexity index is 1220. The van der Waals surface area contributed by atoms with Crippen LogP contribution in [0.2, 0.25) is 0 Å². The summed E-state index contributed by atoms with van der Waals surface area (Å²) in [4.78, 5) is 20.0. The van der Waals surface area contributed by atoms with Gasteiger partial charge in [0.05, 0.1) is 21.3 Å². The topological polar surface area (TPSA) is 89.3 Å². The van der Waals surface area contributed by atoms with Crippen molar-refractivity contribution in [2.45, 2.75) is 6.36 Å². The third-order valence-electron chi connectivity index (χ3n) is 3.95. The molecule has 4 rings (SSSR count). The van der Waals surface area contributed by atoms with Crippen molar-refractivity contribution < 1.29 is 27.8 Å². The van der Waals surface area contributed by atoms with Gasteiger partial charge < -0.3 is 19.7 Å². The van der Waals surface area contributed by atoms with Crippen LogP contribution < -0.4 is 10.1 Å². The molecule has 2 N–H and O–H groups in total. The van der Waals surface area contributed by atoms with Gasteiger partial charge in [-0.05, 0) is 24.3 Å². The van der Waals surface area contributed by atoms with E-state index in [1.807, 2.05) is 0 Å². The lowest BCUT2D eigenvalue weighted by Gasteiger charge is -2.07. The molecule has 2 aromatic carbocycles. The number of imidazole rings is 1. The first-order valence-electron chi connectivity index (χ1n) is 7.83. The van der Waals surface area contributed by atoms with Crippen molar-refractivity contribution in [1.29, 1.82) is 0 Å². The number of aromatic carboxylic acids is 1. The van der Waals surface area contributed by atoms with Crippen LogP contribution in [-0.4, -0.2) is 32.0 Å². The number of benzene rings is 2. The molecule has 144 valence electrons. The van der Waals surface area contributed by atoms with Crippen LogP contribution in [0, 0.1) is 0 Å². The second-order valence-electron chi connectivity index (χ2n) is 5.79. The Morgan fingerprint density at radius 3 is 2.75 bits per heavy atom. The summed E-state index contributed by atoms with van der Waals surface area (Å²) in [6.45, 7) is 0. The second-order valence-corrected chi connectivity index (χ2v) is 6.82. The fraction of sp³-hybridized carbons (Fsp3) is 0.118. The molecule has 0 unspecified atom stereocenters. The third kappa shape index (κ3) is 3.31. The normalized spacial score (nSPS) is 11.9. The Balaban J connectivity index is 1.69. The Labute approximate surface area is 159 Å². The quantitative estimate of drug-likeness (QED) is 0.516. The molecule has 2 heterocycles. The average Bonchev–Trinajstić information content (AvgIpc) is 3.14. The number of hydrogen-bond acceptors (Lipinski definition) is 6. The number of fused-ring (bicyclic) bond motifs is 2. The molecule has 0 atom stereocenters. The lowest BCUT2D eigenvalue weighted by molar-refractivity contribution is -0.274. The molecule has 0 aliphatic heterocycles. The van der Waals surface area contributed by atoms with Crippen LogP contribution in [0.15, 0.2) is 36.4 Å². The van der Waals surface area contributed by atoms with Crippen LogP contribution >= 0.6 is 11.3 Å². The molecular formula is C17H11F3N4O3S. The number of ether oxygens (including phenoxy) is 1. The van der Waals surface area contributed by atoms with Crippen LogP contribution in [0.25, 0.3) is 21.3 Å². The number of nitrogens with zero attached hydrogens (tertiary/aromatic N) is 3. The molecular weight excluding hydrogens is 397 g/mol. The second kappa shape index (κ2) is 6.37. The highest BCUT2D eigenvalue weighted by molar-refractivity contribution is 7.22. The molecule has 0 radical (unpaired) electrons. The van der Waals surface area contributed by atoms with Gasteiger partial charge in [-0.2, -0.15) is 0 Å². The molecule has 0 bridgehead atoms. The Morgan fingerprint density at radius 1 is 1.25 bits per heavy atom. The predicted molar refractivity (Wildman–Crippen MR) is 97.3 cm³/mol. The number of thiazole rings is 1. The number of nitrogens with one attached hydrogen (secondary N) is 1. The van der Waals surface area contributed by atoms with Crippen molar-refractivity contribution in [3.63, 3.8) is 0 Å². The van der Waals surface area contributed by atoms with Gasteiger partial charge in [0.25, 0.3) is 0 Å². The number of aryl methyl sites for hydroxylation is 1. The molecule has 0 saturated heterocycles. The summed E-state index contributed by atoms with van der Waals surface area (Å²) in [5.74, 6) is -1.06. The van der Waals surface area contributed by atoms with Crippen molar-refractivity contribution in [2.24, 2.45) is 7.05 Å². The first-order chi connectivity index (χ1) is 13.2. The van der Waals surface area contributed by atoms with E-state index >= 15 is 0 Å². The van der Waals surface area contributed by atoms with E-state index in [1.54, 1.807) is 23.7 Å². The van der Waals surface area contributed by atoms with Gasteiger partial charge in [-0.25, -0.2) is 14.8 Å².